The molecule has 0 spiro atoms. The van der Waals surface area contributed by atoms with Gasteiger partial charge in [-0.05, 0) is 38.5 Å². The number of fused-ring (bicyclic) bond motifs is 1. The summed E-state index contributed by atoms with van der Waals surface area (Å²) >= 11 is 0. The van der Waals surface area contributed by atoms with Gasteiger partial charge in [0.15, 0.2) is 5.96 Å². The number of rotatable bonds is 7. The Kier molecular flexibility index (Phi) is 6.34. The Morgan fingerprint density at radius 3 is 2.68 bits per heavy atom. The number of aromatic nitrogens is 1. The summed E-state index contributed by atoms with van der Waals surface area (Å²) in [5, 5.41) is 11.5. The van der Waals surface area contributed by atoms with E-state index in [0.29, 0.717) is 24.6 Å². The van der Waals surface area contributed by atoms with Crippen LogP contribution in [-0.2, 0) is 25.9 Å². The maximum atomic E-state index is 13.5. The van der Waals surface area contributed by atoms with Crippen molar-refractivity contribution in [1.82, 2.24) is 15.8 Å². The quantitative estimate of drug-likeness (QED) is 0.469. The fourth-order valence-corrected chi connectivity index (χ4v) is 3.19. The van der Waals surface area contributed by atoms with E-state index >= 15 is 0 Å². The fourth-order valence-electron chi connectivity index (χ4n) is 3.19. The summed E-state index contributed by atoms with van der Waals surface area (Å²) in [7, 11) is 0. The highest BCUT2D eigenvalue weighted by molar-refractivity contribution is 5.83. The van der Waals surface area contributed by atoms with Crippen molar-refractivity contribution in [1.29, 1.82) is 0 Å². The molecule has 0 aliphatic carbocycles. The standard InChI is InChI=1S/C21H27FN4O2/c1-5-17-16(18(6-2)28-26-17)11-24-21(23-7-3)25-12-20-13(4)15-10-14(22)8-9-19(15)27-20/h8-10H,5-7,11-12H2,1-4H3,(H2,23,24,25). The van der Waals surface area contributed by atoms with Crippen molar-refractivity contribution in [3.8, 4) is 0 Å². The smallest absolute Gasteiger partial charge is 0.191 e. The first-order valence-corrected chi connectivity index (χ1v) is 9.73. The Morgan fingerprint density at radius 2 is 1.96 bits per heavy atom. The zero-order valence-electron chi connectivity index (χ0n) is 16.9. The minimum atomic E-state index is -0.266. The summed E-state index contributed by atoms with van der Waals surface area (Å²) in [6, 6.07) is 4.57. The Labute approximate surface area is 164 Å². The summed E-state index contributed by atoms with van der Waals surface area (Å²) in [6.07, 6.45) is 1.60. The predicted octanol–water partition coefficient (Wildman–Crippen LogP) is 4.25. The molecule has 150 valence electrons. The highest BCUT2D eigenvalue weighted by atomic mass is 19.1. The van der Waals surface area contributed by atoms with E-state index in [2.05, 4.69) is 27.7 Å². The molecule has 3 rings (SSSR count). The number of aliphatic imine (C=N–C) groups is 1. The zero-order chi connectivity index (χ0) is 20.1. The Morgan fingerprint density at radius 1 is 1.14 bits per heavy atom. The largest absolute Gasteiger partial charge is 0.459 e. The Hall–Kier alpha value is -2.83. The van der Waals surface area contributed by atoms with Crippen LogP contribution < -0.4 is 10.6 Å². The zero-order valence-corrected chi connectivity index (χ0v) is 16.9. The number of hydrogen-bond acceptors (Lipinski definition) is 4. The van der Waals surface area contributed by atoms with Gasteiger partial charge in [-0.3, -0.25) is 0 Å². The highest BCUT2D eigenvalue weighted by Crippen LogP contribution is 2.25. The van der Waals surface area contributed by atoms with Crippen molar-refractivity contribution < 1.29 is 13.3 Å². The van der Waals surface area contributed by atoms with Crippen LogP contribution in [-0.4, -0.2) is 17.7 Å². The molecule has 0 amide bonds. The van der Waals surface area contributed by atoms with Crippen LogP contribution in [0.15, 0.2) is 32.1 Å². The molecule has 2 heterocycles. The summed E-state index contributed by atoms with van der Waals surface area (Å²) in [5.74, 6) is 2.06. The molecule has 3 aromatic rings. The SMILES string of the molecule is CCNC(=NCc1c(CC)noc1CC)NCc1oc2ccc(F)cc2c1C. The Balaban J connectivity index is 1.76. The first-order chi connectivity index (χ1) is 13.6. The van der Waals surface area contributed by atoms with E-state index in [0.717, 1.165) is 53.1 Å². The molecule has 7 heteroatoms. The average molecular weight is 386 g/mol. The van der Waals surface area contributed by atoms with Crippen LogP contribution in [0.1, 0.15) is 49.1 Å². The van der Waals surface area contributed by atoms with E-state index in [4.69, 9.17) is 8.94 Å². The van der Waals surface area contributed by atoms with E-state index in [1.165, 1.54) is 12.1 Å². The molecule has 2 N–H and O–H groups in total. The monoisotopic (exact) mass is 386 g/mol. The molecule has 2 aromatic heterocycles. The van der Waals surface area contributed by atoms with E-state index in [1.807, 2.05) is 20.8 Å². The topological polar surface area (TPSA) is 75.6 Å². The van der Waals surface area contributed by atoms with E-state index in [9.17, 15) is 4.39 Å². The number of aryl methyl sites for hydroxylation is 3. The summed E-state index contributed by atoms with van der Waals surface area (Å²) in [4.78, 5) is 4.68. The molecule has 0 aliphatic heterocycles. The molecule has 1 aromatic carbocycles. The molecular weight excluding hydrogens is 359 g/mol. The second-order valence-corrected chi connectivity index (χ2v) is 6.58. The van der Waals surface area contributed by atoms with Gasteiger partial charge in [-0.1, -0.05) is 19.0 Å². The van der Waals surface area contributed by atoms with Crippen molar-refractivity contribution in [2.24, 2.45) is 4.99 Å². The average Bonchev–Trinajstić information content (AvgIpc) is 3.24. The molecule has 0 unspecified atom stereocenters. The molecular formula is C21H27FN4O2. The van der Waals surface area contributed by atoms with Crippen molar-refractivity contribution in [3.63, 3.8) is 0 Å². The lowest BCUT2D eigenvalue weighted by Gasteiger charge is -2.10. The summed E-state index contributed by atoms with van der Waals surface area (Å²) in [5.41, 5.74) is 3.62. The van der Waals surface area contributed by atoms with Crippen LogP contribution in [0.25, 0.3) is 11.0 Å². The number of guanidine groups is 1. The van der Waals surface area contributed by atoms with Crippen LogP contribution in [0, 0.1) is 12.7 Å². The molecule has 0 bridgehead atoms. The first kappa shape index (κ1) is 19.9. The summed E-state index contributed by atoms with van der Waals surface area (Å²) in [6.45, 7) is 9.74. The van der Waals surface area contributed by atoms with Gasteiger partial charge in [0.25, 0.3) is 0 Å². The van der Waals surface area contributed by atoms with E-state index in [1.54, 1.807) is 6.07 Å². The number of furan rings is 1. The molecule has 0 fully saturated rings. The predicted molar refractivity (Wildman–Crippen MR) is 108 cm³/mol. The van der Waals surface area contributed by atoms with Crippen LogP contribution in [0.5, 0.6) is 0 Å². The number of hydrogen-bond donors (Lipinski definition) is 2. The second-order valence-electron chi connectivity index (χ2n) is 6.58. The third-order valence-corrected chi connectivity index (χ3v) is 4.76. The normalized spacial score (nSPS) is 12.0. The van der Waals surface area contributed by atoms with Gasteiger partial charge in [-0.2, -0.15) is 0 Å². The summed E-state index contributed by atoms with van der Waals surface area (Å²) < 4.78 is 24.8. The van der Waals surface area contributed by atoms with Crippen LogP contribution >= 0.6 is 0 Å². The second kappa shape index (κ2) is 8.91. The minimum Gasteiger partial charge on any atom is -0.459 e. The lowest BCUT2D eigenvalue weighted by molar-refractivity contribution is 0.380. The van der Waals surface area contributed by atoms with Gasteiger partial charge in [0.1, 0.15) is 22.9 Å². The fraction of sp³-hybridized carbons (Fsp3) is 0.429. The molecule has 0 saturated carbocycles. The molecule has 0 atom stereocenters. The van der Waals surface area contributed by atoms with Crippen molar-refractivity contribution >= 4 is 16.9 Å². The molecule has 28 heavy (non-hydrogen) atoms. The maximum Gasteiger partial charge on any atom is 0.191 e. The van der Waals surface area contributed by atoms with Crippen molar-refractivity contribution in [3.05, 3.63) is 52.4 Å². The number of nitrogens with one attached hydrogen (secondary N) is 2. The Bertz CT molecular complexity index is 953. The number of nitrogens with zero attached hydrogens (tertiary/aromatic N) is 2. The van der Waals surface area contributed by atoms with Crippen LogP contribution in [0.3, 0.4) is 0 Å². The highest BCUT2D eigenvalue weighted by Gasteiger charge is 2.14. The lowest BCUT2D eigenvalue weighted by Crippen LogP contribution is -2.36. The third kappa shape index (κ3) is 4.18. The van der Waals surface area contributed by atoms with Gasteiger partial charge < -0.3 is 19.6 Å². The maximum absolute atomic E-state index is 13.5. The molecule has 0 aliphatic rings. The van der Waals surface area contributed by atoms with Gasteiger partial charge in [0.05, 0.1) is 18.8 Å². The van der Waals surface area contributed by atoms with Gasteiger partial charge in [0.2, 0.25) is 0 Å². The first-order valence-electron chi connectivity index (χ1n) is 9.73. The van der Waals surface area contributed by atoms with Crippen molar-refractivity contribution in [2.75, 3.05) is 6.54 Å². The van der Waals surface area contributed by atoms with Crippen LogP contribution in [0.4, 0.5) is 4.39 Å². The molecule has 0 radical (unpaired) electrons. The van der Waals surface area contributed by atoms with Gasteiger partial charge in [-0.25, -0.2) is 9.38 Å². The number of halogens is 1. The number of benzene rings is 1. The van der Waals surface area contributed by atoms with E-state index in [-0.39, 0.29) is 5.82 Å². The minimum absolute atomic E-state index is 0.266. The van der Waals surface area contributed by atoms with Crippen LogP contribution in [0.2, 0.25) is 0 Å². The van der Waals surface area contributed by atoms with E-state index < -0.39 is 0 Å². The van der Waals surface area contributed by atoms with Gasteiger partial charge in [0, 0.05) is 29.5 Å². The van der Waals surface area contributed by atoms with Gasteiger partial charge >= 0.3 is 0 Å². The van der Waals surface area contributed by atoms with Crippen molar-refractivity contribution in [2.45, 2.75) is 53.6 Å². The molecule has 6 nitrogen and oxygen atoms in total. The van der Waals surface area contributed by atoms with Gasteiger partial charge in [-0.15, -0.1) is 0 Å². The molecule has 0 saturated heterocycles. The third-order valence-electron chi connectivity index (χ3n) is 4.76. The lowest BCUT2D eigenvalue weighted by atomic mass is 10.1.